The summed E-state index contributed by atoms with van der Waals surface area (Å²) < 4.78 is 1.52. The van der Waals surface area contributed by atoms with E-state index in [4.69, 9.17) is 0 Å². The topological polar surface area (TPSA) is 72.7 Å². The molecular formula is C15H15N5OS. The van der Waals surface area contributed by atoms with Crippen molar-refractivity contribution in [2.75, 3.05) is 0 Å². The Balaban J connectivity index is 1.68. The van der Waals surface area contributed by atoms with Crippen LogP contribution in [0.15, 0.2) is 47.8 Å². The molecule has 3 rings (SSSR count). The van der Waals surface area contributed by atoms with Gasteiger partial charge in [0, 0.05) is 17.8 Å². The van der Waals surface area contributed by atoms with Crippen LogP contribution in [0.4, 0.5) is 0 Å². The van der Waals surface area contributed by atoms with Gasteiger partial charge in [-0.2, -0.15) is 16.4 Å². The van der Waals surface area contributed by atoms with Gasteiger partial charge in [0.25, 0.3) is 5.91 Å². The molecule has 0 aliphatic rings. The fraction of sp³-hybridized carbons (Fsp3) is 0.200. The van der Waals surface area contributed by atoms with E-state index in [1.807, 2.05) is 12.3 Å². The maximum atomic E-state index is 12.3. The fourth-order valence-corrected chi connectivity index (χ4v) is 2.81. The van der Waals surface area contributed by atoms with Crippen LogP contribution in [0.2, 0.25) is 0 Å². The highest BCUT2D eigenvalue weighted by Crippen LogP contribution is 2.10. The highest BCUT2D eigenvalue weighted by Gasteiger charge is 2.12. The van der Waals surface area contributed by atoms with Gasteiger partial charge in [-0.05, 0) is 47.9 Å². The number of hydrogen-bond donors (Lipinski definition) is 1. The minimum absolute atomic E-state index is 0.0603. The number of aromatic nitrogens is 4. The van der Waals surface area contributed by atoms with Crippen LogP contribution in [-0.2, 0) is 6.42 Å². The maximum Gasteiger partial charge on any atom is 0.251 e. The van der Waals surface area contributed by atoms with E-state index < -0.39 is 0 Å². The van der Waals surface area contributed by atoms with Crippen molar-refractivity contribution in [3.05, 3.63) is 58.9 Å². The van der Waals surface area contributed by atoms with Crippen molar-refractivity contribution in [2.45, 2.75) is 19.4 Å². The Morgan fingerprint density at radius 3 is 3.09 bits per heavy atom. The van der Waals surface area contributed by atoms with Crippen LogP contribution in [0.5, 0.6) is 0 Å². The minimum Gasteiger partial charge on any atom is -0.349 e. The molecule has 22 heavy (non-hydrogen) atoms. The van der Waals surface area contributed by atoms with E-state index in [1.54, 1.807) is 36.0 Å². The number of carbonyl (C=O) groups is 1. The van der Waals surface area contributed by atoms with E-state index in [2.05, 4.69) is 31.8 Å². The molecule has 112 valence electrons. The lowest BCUT2D eigenvalue weighted by atomic mass is 10.1. The molecule has 0 radical (unpaired) electrons. The summed E-state index contributed by atoms with van der Waals surface area (Å²) in [5, 5.41) is 11.1. The molecule has 0 aliphatic carbocycles. The molecule has 0 aliphatic heterocycles. The summed E-state index contributed by atoms with van der Waals surface area (Å²) in [5.74, 6) is 0.446. The van der Waals surface area contributed by atoms with Gasteiger partial charge in [-0.3, -0.25) is 4.79 Å². The van der Waals surface area contributed by atoms with Gasteiger partial charge in [0.05, 0.1) is 0 Å². The molecule has 0 fully saturated rings. The van der Waals surface area contributed by atoms with Gasteiger partial charge in [0.15, 0.2) is 5.82 Å². The molecule has 3 aromatic heterocycles. The second-order valence-electron chi connectivity index (χ2n) is 4.95. The smallest absolute Gasteiger partial charge is 0.251 e. The molecule has 6 nitrogen and oxygen atoms in total. The van der Waals surface area contributed by atoms with Crippen molar-refractivity contribution in [3.8, 4) is 5.82 Å². The summed E-state index contributed by atoms with van der Waals surface area (Å²) in [4.78, 5) is 20.4. The first-order valence-electron chi connectivity index (χ1n) is 6.85. The highest BCUT2D eigenvalue weighted by atomic mass is 32.1. The lowest BCUT2D eigenvalue weighted by molar-refractivity contribution is 0.0940. The average molecular weight is 313 g/mol. The average Bonchev–Trinajstić information content (AvgIpc) is 3.20. The minimum atomic E-state index is -0.119. The quantitative estimate of drug-likeness (QED) is 0.783. The zero-order valence-corrected chi connectivity index (χ0v) is 12.8. The molecule has 1 N–H and O–H groups in total. The molecule has 7 heteroatoms. The molecule has 0 spiro atoms. The number of carbonyl (C=O) groups excluding carboxylic acids is 1. The van der Waals surface area contributed by atoms with Crippen LogP contribution in [0.3, 0.4) is 0 Å². The largest absolute Gasteiger partial charge is 0.349 e. The number of pyridine rings is 1. The highest BCUT2D eigenvalue weighted by molar-refractivity contribution is 7.07. The van der Waals surface area contributed by atoms with Crippen molar-refractivity contribution < 1.29 is 4.79 Å². The van der Waals surface area contributed by atoms with Crippen LogP contribution in [-0.4, -0.2) is 31.7 Å². The molecule has 1 atom stereocenters. The zero-order valence-electron chi connectivity index (χ0n) is 12.0. The van der Waals surface area contributed by atoms with Gasteiger partial charge in [0.2, 0.25) is 0 Å². The molecule has 0 unspecified atom stereocenters. The number of amides is 1. The van der Waals surface area contributed by atoms with E-state index >= 15 is 0 Å². The third-order valence-electron chi connectivity index (χ3n) is 3.16. The normalized spacial score (nSPS) is 12.0. The van der Waals surface area contributed by atoms with Crippen molar-refractivity contribution in [1.29, 1.82) is 0 Å². The Morgan fingerprint density at radius 2 is 2.36 bits per heavy atom. The first kappa shape index (κ1) is 14.4. The Labute approximate surface area is 131 Å². The van der Waals surface area contributed by atoms with Gasteiger partial charge in [-0.25, -0.2) is 14.6 Å². The molecular weight excluding hydrogens is 298 g/mol. The van der Waals surface area contributed by atoms with Crippen molar-refractivity contribution >= 4 is 17.2 Å². The second kappa shape index (κ2) is 6.48. The monoisotopic (exact) mass is 313 g/mol. The van der Waals surface area contributed by atoms with Gasteiger partial charge >= 0.3 is 0 Å². The predicted molar refractivity (Wildman–Crippen MR) is 84.1 cm³/mol. The van der Waals surface area contributed by atoms with E-state index in [0.29, 0.717) is 11.4 Å². The van der Waals surface area contributed by atoms with E-state index in [1.165, 1.54) is 16.6 Å². The summed E-state index contributed by atoms with van der Waals surface area (Å²) in [5.41, 5.74) is 1.79. The van der Waals surface area contributed by atoms with Crippen LogP contribution < -0.4 is 5.32 Å². The first-order valence-corrected chi connectivity index (χ1v) is 7.79. The molecule has 0 saturated heterocycles. The zero-order chi connectivity index (χ0) is 15.4. The number of nitrogens with one attached hydrogen (secondary N) is 1. The fourth-order valence-electron chi connectivity index (χ4n) is 2.13. The van der Waals surface area contributed by atoms with E-state index in [9.17, 15) is 4.79 Å². The van der Waals surface area contributed by atoms with Gasteiger partial charge < -0.3 is 5.32 Å². The molecule has 3 heterocycles. The first-order chi connectivity index (χ1) is 10.7. The standard InChI is InChI=1S/C15H15N5OS/c1-11(6-12-3-5-22-8-12)19-15(21)13-2-4-17-14(7-13)20-10-16-9-18-20/h2-5,7-11H,6H2,1H3,(H,19,21)/t11-/m1/s1. The number of thiophene rings is 1. The summed E-state index contributed by atoms with van der Waals surface area (Å²) in [6.45, 7) is 2.00. The lowest BCUT2D eigenvalue weighted by Gasteiger charge is -2.13. The summed E-state index contributed by atoms with van der Waals surface area (Å²) in [6, 6.07) is 5.52. The molecule has 0 saturated carbocycles. The van der Waals surface area contributed by atoms with Gasteiger partial charge in [-0.15, -0.1) is 0 Å². The summed E-state index contributed by atoms with van der Waals surface area (Å²) in [6.07, 6.45) is 5.38. The van der Waals surface area contributed by atoms with Crippen LogP contribution in [0, 0.1) is 0 Å². The Hall–Kier alpha value is -2.54. The molecule has 0 aromatic carbocycles. The Kier molecular flexibility index (Phi) is 4.24. The summed E-state index contributed by atoms with van der Waals surface area (Å²) >= 11 is 1.66. The molecule has 3 aromatic rings. The SMILES string of the molecule is C[C@H](Cc1ccsc1)NC(=O)c1ccnc(-n2cncn2)c1. The van der Waals surface area contributed by atoms with Crippen LogP contribution in [0.25, 0.3) is 5.82 Å². The van der Waals surface area contributed by atoms with Gasteiger partial charge in [-0.1, -0.05) is 0 Å². The maximum absolute atomic E-state index is 12.3. The third kappa shape index (κ3) is 3.37. The Bertz CT molecular complexity index is 739. The van der Waals surface area contributed by atoms with Crippen LogP contribution in [0.1, 0.15) is 22.8 Å². The second-order valence-corrected chi connectivity index (χ2v) is 5.73. The molecule has 0 bridgehead atoms. The lowest BCUT2D eigenvalue weighted by Crippen LogP contribution is -2.34. The van der Waals surface area contributed by atoms with Crippen molar-refractivity contribution in [2.24, 2.45) is 0 Å². The Morgan fingerprint density at radius 1 is 1.45 bits per heavy atom. The number of hydrogen-bond acceptors (Lipinski definition) is 5. The number of rotatable bonds is 5. The van der Waals surface area contributed by atoms with E-state index in [-0.39, 0.29) is 11.9 Å². The van der Waals surface area contributed by atoms with Crippen molar-refractivity contribution in [1.82, 2.24) is 25.1 Å². The van der Waals surface area contributed by atoms with E-state index in [0.717, 1.165) is 6.42 Å². The third-order valence-corrected chi connectivity index (χ3v) is 3.89. The predicted octanol–water partition coefficient (Wildman–Crippen LogP) is 2.08. The number of nitrogens with zero attached hydrogens (tertiary/aromatic N) is 4. The van der Waals surface area contributed by atoms with Crippen molar-refractivity contribution in [3.63, 3.8) is 0 Å². The summed E-state index contributed by atoms with van der Waals surface area (Å²) in [7, 11) is 0. The van der Waals surface area contributed by atoms with Crippen LogP contribution >= 0.6 is 11.3 Å². The van der Waals surface area contributed by atoms with Gasteiger partial charge in [0.1, 0.15) is 12.7 Å². The molecule has 1 amide bonds.